The summed E-state index contributed by atoms with van der Waals surface area (Å²) in [6.07, 6.45) is 0. The normalized spacial score (nSPS) is 12.6. The third kappa shape index (κ3) is 6.72. The Labute approximate surface area is 200 Å². The van der Waals surface area contributed by atoms with Crippen molar-refractivity contribution in [3.05, 3.63) is 72.8 Å². The van der Waals surface area contributed by atoms with E-state index < -0.39 is 31.1 Å². The quantitative estimate of drug-likeness (QED) is 0.340. The minimum absolute atomic E-state index is 0.156. The summed E-state index contributed by atoms with van der Waals surface area (Å²) < 4.78 is 133. The molecule has 0 aliphatic heterocycles. The minimum Gasteiger partial charge on any atom is -0.457 e. The molecule has 3 aromatic carbocycles. The highest BCUT2D eigenvalue weighted by atomic mass is 32.2. The maximum absolute atomic E-state index is 12.5. The molecule has 0 fully saturated rings. The highest BCUT2D eigenvalue weighted by Gasteiger charge is 2.46. The summed E-state index contributed by atoms with van der Waals surface area (Å²) in [5, 5.41) is 0. The topological polar surface area (TPSA) is 111 Å². The Balaban J connectivity index is 1.65. The van der Waals surface area contributed by atoms with E-state index >= 15 is 0 Å². The molecular weight excluding hydrogens is 542 g/mol. The summed E-state index contributed by atoms with van der Waals surface area (Å²) in [6.45, 7) is 0. The van der Waals surface area contributed by atoms with Crippen molar-refractivity contribution in [1.82, 2.24) is 0 Å². The van der Waals surface area contributed by atoms with E-state index in [1.165, 1.54) is 58.0 Å². The Morgan fingerprint density at radius 2 is 0.861 bits per heavy atom. The largest absolute Gasteiger partial charge is 0.516 e. The van der Waals surface area contributed by atoms with Gasteiger partial charge in [-0.2, -0.15) is 43.2 Å². The maximum Gasteiger partial charge on any atom is 0.516 e. The Morgan fingerprint density at radius 3 is 1.17 bits per heavy atom. The number of hydrogen-bond donors (Lipinski definition) is 2. The van der Waals surface area contributed by atoms with E-state index in [4.69, 9.17) is 9.47 Å². The van der Waals surface area contributed by atoms with Gasteiger partial charge in [0.2, 0.25) is 0 Å². The van der Waals surface area contributed by atoms with Gasteiger partial charge in [-0.15, -0.1) is 0 Å². The molecule has 0 unspecified atom stereocenters. The number of alkyl halides is 6. The van der Waals surface area contributed by atoms with E-state index in [0.29, 0.717) is 0 Å². The second-order valence-electron chi connectivity index (χ2n) is 6.83. The lowest BCUT2D eigenvalue weighted by molar-refractivity contribution is -0.0435. The van der Waals surface area contributed by atoms with Crippen LogP contribution in [0.2, 0.25) is 0 Å². The van der Waals surface area contributed by atoms with Crippen molar-refractivity contribution in [3.63, 3.8) is 0 Å². The SMILES string of the molecule is O=S(=O)(Nc1ccc(Oc2cccc(Oc3ccc(NS(=O)(=O)C(F)(F)F)cc3)c2)cc1)C(F)(F)F. The molecule has 0 bridgehead atoms. The van der Waals surface area contributed by atoms with E-state index in [1.54, 1.807) is 0 Å². The molecule has 0 aromatic heterocycles. The molecule has 0 aliphatic carbocycles. The summed E-state index contributed by atoms with van der Waals surface area (Å²) in [6, 6.07) is 15.1. The van der Waals surface area contributed by atoms with E-state index in [9.17, 15) is 43.2 Å². The van der Waals surface area contributed by atoms with Gasteiger partial charge in [0, 0.05) is 17.4 Å². The Bertz CT molecular complexity index is 1320. The molecule has 0 saturated heterocycles. The number of benzene rings is 3. The van der Waals surface area contributed by atoms with Crippen LogP contribution in [0.25, 0.3) is 0 Å². The molecular formula is C20H14F6N2O6S2. The maximum atomic E-state index is 12.5. The average molecular weight is 556 g/mol. The standard InChI is InChI=1S/C20H14F6N2O6S2/c21-19(22,23)35(29,30)27-13-4-8-15(9-5-13)33-17-2-1-3-18(12-17)34-16-10-6-14(7-11-16)28-36(31,32)20(24,25)26/h1-12,27-28H. The van der Waals surface area contributed by atoms with Gasteiger partial charge in [0.05, 0.1) is 0 Å². The van der Waals surface area contributed by atoms with Crippen LogP contribution in [0.15, 0.2) is 72.8 Å². The Hall–Kier alpha value is -3.66. The monoisotopic (exact) mass is 556 g/mol. The molecule has 0 saturated carbocycles. The second-order valence-corrected chi connectivity index (χ2v) is 10.2. The zero-order valence-corrected chi connectivity index (χ0v) is 19.1. The van der Waals surface area contributed by atoms with Crippen molar-refractivity contribution in [2.75, 3.05) is 9.44 Å². The Morgan fingerprint density at radius 1 is 0.528 bits per heavy atom. The zero-order valence-electron chi connectivity index (χ0n) is 17.5. The molecule has 0 atom stereocenters. The third-order valence-electron chi connectivity index (χ3n) is 4.10. The second kappa shape index (κ2) is 9.77. The fourth-order valence-electron chi connectivity index (χ4n) is 2.48. The fraction of sp³-hybridized carbons (Fsp3) is 0.100. The van der Waals surface area contributed by atoms with Crippen molar-refractivity contribution >= 4 is 31.4 Å². The fourth-order valence-corrected chi connectivity index (χ4v) is 3.61. The molecule has 0 amide bonds. The zero-order chi connectivity index (χ0) is 26.8. The minimum atomic E-state index is -5.57. The molecule has 0 aliphatic rings. The number of ether oxygens (including phenoxy) is 2. The number of nitrogens with one attached hydrogen (secondary N) is 2. The molecule has 2 N–H and O–H groups in total. The van der Waals surface area contributed by atoms with Crippen LogP contribution in [0, 0.1) is 0 Å². The summed E-state index contributed by atoms with van der Waals surface area (Å²) in [5.74, 6) is 0.767. The number of anilines is 2. The van der Waals surface area contributed by atoms with Crippen LogP contribution in [-0.4, -0.2) is 27.9 Å². The van der Waals surface area contributed by atoms with E-state index in [1.807, 2.05) is 0 Å². The molecule has 194 valence electrons. The summed E-state index contributed by atoms with van der Waals surface area (Å²) in [4.78, 5) is 0. The van der Waals surface area contributed by atoms with Crippen LogP contribution in [-0.2, 0) is 20.0 Å². The van der Waals surface area contributed by atoms with Gasteiger partial charge < -0.3 is 9.47 Å². The molecule has 36 heavy (non-hydrogen) atoms. The van der Waals surface area contributed by atoms with Gasteiger partial charge in [0.25, 0.3) is 0 Å². The summed E-state index contributed by atoms with van der Waals surface area (Å²) >= 11 is 0. The third-order valence-corrected chi connectivity index (χ3v) is 6.33. The smallest absolute Gasteiger partial charge is 0.457 e. The molecule has 16 heteroatoms. The highest BCUT2D eigenvalue weighted by Crippen LogP contribution is 2.31. The first-order chi connectivity index (χ1) is 16.6. The first-order valence-corrected chi connectivity index (χ1v) is 12.4. The van der Waals surface area contributed by atoms with Gasteiger partial charge in [-0.25, -0.2) is 0 Å². The molecule has 3 rings (SSSR count). The number of sulfonamides is 2. The summed E-state index contributed by atoms with van der Waals surface area (Å²) in [5.41, 5.74) is -11.6. The van der Waals surface area contributed by atoms with Crippen molar-refractivity contribution in [3.8, 4) is 23.0 Å². The van der Waals surface area contributed by atoms with Crippen LogP contribution in [0.1, 0.15) is 0 Å². The molecule has 3 aromatic rings. The van der Waals surface area contributed by atoms with Crippen molar-refractivity contribution < 1.29 is 52.7 Å². The predicted octanol–water partition coefficient (Wildman–Crippen LogP) is 5.79. The van der Waals surface area contributed by atoms with Gasteiger partial charge in [-0.3, -0.25) is 9.44 Å². The summed E-state index contributed by atoms with van der Waals surface area (Å²) in [7, 11) is -11.1. The van der Waals surface area contributed by atoms with Crippen molar-refractivity contribution in [2.24, 2.45) is 0 Å². The van der Waals surface area contributed by atoms with Crippen LogP contribution < -0.4 is 18.9 Å². The van der Waals surface area contributed by atoms with Crippen molar-refractivity contribution in [1.29, 1.82) is 0 Å². The van der Waals surface area contributed by atoms with E-state index in [2.05, 4.69) is 0 Å². The lowest BCUT2D eigenvalue weighted by atomic mass is 10.3. The number of hydrogen-bond acceptors (Lipinski definition) is 6. The Kier molecular flexibility index (Phi) is 7.31. The van der Waals surface area contributed by atoms with Crippen LogP contribution >= 0.6 is 0 Å². The molecule has 0 spiro atoms. The predicted molar refractivity (Wildman–Crippen MR) is 117 cm³/mol. The van der Waals surface area contributed by atoms with Crippen LogP contribution in [0.4, 0.5) is 37.7 Å². The lowest BCUT2D eigenvalue weighted by Gasteiger charge is -2.12. The number of rotatable bonds is 8. The molecule has 0 radical (unpaired) electrons. The van der Waals surface area contributed by atoms with Gasteiger partial charge in [0.1, 0.15) is 23.0 Å². The van der Waals surface area contributed by atoms with Crippen LogP contribution in [0.3, 0.4) is 0 Å². The molecule has 8 nitrogen and oxygen atoms in total. The van der Waals surface area contributed by atoms with Gasteiger partial charge in [0.15, 0.2) is 0 Å². The highest BCUT2D eigenvalue weighted by molar-refractivity contribution is 7.93. The number of halogens is 6. The van der Waals surface area contributed by atoms with Gasteiger partial charge in [-0.1, -0.05) is 6.07 Å². The first kappa shape index (κ1) is 26.9. The van der Waals surface area contributed by atoms with Gasteiger partial charge >= 0.3 is 31.1 Å². The van der Waals surface area contributed by atoms with Crippen molar-refractivity contribution in [2.45, 2.75) is 11.0 Å². The van der Waals surface area contributed by atoms with Crippen LogP contribution in [0.5, 0.6) is 23.0 Å². The first-order valence-electron chi connectivity index (χ1n) is 9.40. The van der Waals surface area contributed by atoms with E-state index in [0.717, 1.165) is 24.3 Å². The van der Waals surface area contributed by atoms with E-state index in [-0.39, 0.29) is 34.4 Å². The lowest BCUT2D eigenvalue weighted by Crippen LogP contribution is -2.29. The van der Waals surface area contributed by atoms with Gasteiger partial charge in [-0.05, 0) is 60.7 Å². The molecule has 0 heterocycles. The average Bonchev–Trinajstić information content (AvgIpc) is 2.75.